The number of H-pyrrole nitrogens is 1. The number of carbonyl (C=O) groups excluding carboxylic acids is 3. The van der Waals surface area contributed by atoms with E-state index >= 15 is 0 Å². The molecule has 1 saturated heterocycles. The number of hydrogen-bond acceptors (Lipinski definition) is 9. The first-order valence-electron chi connectivity index (χ1n) is 12.6. The second-order valence-corrected chi connectivity index (χ2v) is 9.30. The number of benzene rings is 2. The smallest absolute Gasteiger partial charge is 0.303 e. The van der Waals surface area contributed by atoms with Crippen LogP contribution in [0.3, 0.4) is 0 Å². The van der Waals surface area contributed by atoms with Crippen LogP contribution in [0.15, 0.2) is 71.8 Å². The maximum atomic E-state index is 13.5. The summed E-state index contributed by atoms with van der Waals surface area (Å²) < 4.78 is 18.0. The second-order valence-electron chi connectivity index (χ2n) is 9.30. The lowest BCUT2D eigenvalue weighted by molar-refractivity contribution is -0.155. The molecule has 5 rings (SSSR count). The first kappa shape index (κ1) is 26.8. The highest BCUT2D eigenvalue weighted by atomic mass is 16.6. The van der Waals surface area contributed by atoms with E-state index in [1.54, 1.807) is 0 Å². The van der Waals surface area contributed by atoms with Gasteiger partial charge in [0.2, 0.25) is 11.9 Å². The SMILES string of the molecule is CC(=O)OC[C@H]1O[C@@H](n2cnc3c(=O)[nH]c(NC(=O)C(c4ccccc4)c4ccccc4)nc32)C[C@@H]1OC(C)=O. The average molecular weight is 546 g/mol. The molecule has 1 fully saturated rings. The standard InChI is InChI=1S/C28H27N5O7/c1-16(34)38-14-21-20(39-17(2)35)13-22(40-21)33-15-29-24-25(33)30-28(32-27(24)37)31-26(36)23(18-9-5-3-6-10-18)19-11-7-4-8-12-19/h3-12,15,20-23H,13-14H2,1-2H3,(H2,30,31,32,36,37)/t20-,21+,22+/m0/s1. The minimum atomic E-state index is -0.728. The van der Waals surface area contributed by atoms with Crippen LogP contribution in [0, 0.1) is 0 Å². The van der Waals surface area contributed by atoms with Crippen LogP contribution in [0.25, 0.3) is 11.2 Å². The zero-order chi connectivity index (χ0) is 28.2. The van der Waals surface area contributed by atoms with Gasteiger partial charge in [-0.1, -0.05) is 60.7 Å². The molecule has 3 atom stereocenters. The van der Waals surface area contributed by atoms with Crippen molar-refractivity contribution in [1.82, 2.24) is 19.5 Å². The minimum absolute atomic E-state index is 0.0386. The summed E-state index contributed by atoms with van der Waals surface area (Å²) in [6.07, 6.45) is -0.558. The maximum absolute atomic E-state index is 13.5. The van der Waals surface area contributed by atoms with Gasteiger partial charge in [0.05, 0.1) is 12.2 Å². The number of amides is 1. The van der Waals surface area contributed by atoms with E-state index in [4.69, 9.17) is 14.2 Å². The number of esters is 2. The Kier molecular flexibility index (Phi) is 7.69. The molecule has 2 aromatic carbocycles. The van der Waals surface area contributed by atoms with Crippen LogP contribution in [-0.2, 0) is 28.6 Å². The molecule has 1 aliphatic heterocycles. The van der Waals surface area contributed by atoms with Gasteiger partial charge in [0.25, 0.3) is 5.56 Å². The van der Waals surface area contributed by atoms with Crippen molar-refractivity contribution in [2.45, 2.75) is 44.6 Å². The molecule has 40 heavy (non-hydrogen) atoms. The zero-order valence-electron chi connectivity index (χ0n) is 21.8. The lowest BCUT2D eigenvalue weighted by atomic mass is 9.90. The van der Waals surface area contributed by atoms with E-state index in [9.17, 15) is 19.2 Å². The molecule has 0 spiro atoms. The Morgan fingerprint density at radius 1 is 1.05 bits per heavy atom. The van der Waals surface area contributed by atoms with E-state index in [0.717, 1.165) is 11.1 Å². The van der Waals surface area contributed by atoms with Gasteiger partial charge < -0.3 is 14.2 Å². The molecule has 0 aliphatic carbocycles. The number of nitrogens with one attached hydrogen (secondary N) is 2. The lowest BCUT2D eigenvalue weighted by Crippen LogP contribution is -2.31. The summed E-state index contributed by atoms with van der Waals surface area (Å²) in [5.41, 5.74) is 1.19. The number of fused-ring (bicyclic) bond motifs is 1. The molecular weight excluding hydrogens is 518 g/mol. The van der Waals surface area contributed by atoms with Gasteiger partial charge >= 0.3 is 11.9 Å². The van der Waals surface area contributed by atoms with Gasteiger partial charge in [-0.05, 0) is 11.1 Å². The van der Waals surface area contributed by atoms with Crippen LogP contribution >= 0.6 is 0 Å². The number of aromatic amines is 1. The Bertz CT molecular complexity index is 1550. The second kappa shape index (κ2) is 11.5. The lowest BCUT2D eigenvalue weighted by Gasteiger charge is -2.18. The molecule has 206 valence electrons. The van der Waals surface area contributed by atoms with E-state index in [1.165, 1.54) is 24.7 Å². The van der Waals surface area contributed by atoms with Gasteiger partial charge in [0.1, 0.15) is 25.0 Å². The number of nitrogens with zero attached hydrogens (tertiary/aromatic N) is 3. The third kappa shape index (κ3) is 5.76. The van der Waals surface area contributed by atoms with Crippen molar-refractivity contribution in [2.24, 2.45) is 0 Å². The van der Waals surface area contributed by atoms with Crippen LogP contribution in [-0.4, -0.2) is 56.2 Å². The molecule has 4 aromatic rings. The predicted molar refractivity (Wildman–Crippen MR) is 142 cm³/mol. The van der Waals surface area contributed by atoms with Crippen molar-refractivity contribution in [3.8, 4) is 0 Å². The van der Waals surface area contributed by atoms with Crippen LogP contribution in [0.2, 0.25) is 0 Å². The fourth-order valence-corrected chi connectivity index (χ4v) is 4.73. The van der Waals surface area contributed by atoms with Crippen LogP contribution in [0.5, 0.6) is 0 Å². The molecule has 0 bridgehead atoms. The van der Waals surface area contributed by atoms with Crippen LogP contribution < -0.4 is 10.9 Å². The van der Waals surface area contributed by atoms with E-state index in [1.807, 2.05) is 60.7 Å². The molecule has 0 unspecified atom stereocenters. The number of rotatable bonds is 8. The fraction of sp³-hybridized carbons (Fsp3) is 0.286. The van der Waals surface area contributed by atoms with Crippen molar-refractivity contribution in [3.63, 3.8) is 0 Å². The predicted octanol–water partition coefficient (Wildman–Crippen LogP) is 2.67. The normalized spacial score (nSPS) is 18.5. The molecule has 0 saturated carbocycles. The van der Waals surface area contributed by atoms with Gasteiger partial charge in [0.15, 0.2) is 11.2 Å². The topological polar surface area (TPSA) is 154 Å². The third-order valence-electron chi connectivity index (χ3n) is 6.46. The van der Waals surface area contributed by atoms with Crippen molar-refractivity contribution >= 4 is 35.0 Å². The molecule has 3 heterocycles. The average Bonchev–Trinajstić information content (AvgIpc) is 3.52. The van der Waals surface area contributed by atoms with Crippen molar-refractivity contribution in [1.29, 1.82) is 0 Å². The number of aromatic nitrogens is 4. The monoisotopic (exact) mass is 545 g/mol. The van der Waals surface area contributed by atoms with Gasteiger partial charge in [-0.2, -0.15) is 4.98 Å². The Morgan fingerprint density at radius 2 is 1.70 bits per heavy atom. The number of imidazole rings is 1. The Hall–Kier alpha value is -4.84. The summed E-state index contributed by atoms with van der Waals surface area (Å²) in [5, 5.41) is 2.74. The number of carbonyl (C=O) groups is 3. The van der Waals surface area contributed by atoms with Crippen molar-refractivity contribution in [3.05, 3.63) is 88.5 Å². The van der Waals surface area contributed by atoms with Crippen molar-refractivity contribution in [2.75, 3.05) is 11.9 Å². The first-order valence-corrected chi connectivity index (χ1v) is 12.6. The number of ether oxygens (including phenoxy) is 3. The Balaban J connectivity index is 1.44. The quantitative estimate of drug-likeness (QED) is 0.318. The highest BCUT2D eigenvalue weighted by Crippen LogP contribution is 2.33. The molecule has 0 radical (unpaired) electrons. The van der Waals surface area contributed by atoms with E-state index < -0.39 is 41.9 Å². The van der Waals surface area contributed by atoms with E-state index in [2.05, 4.69) is 20.3 Å². The highest BCUT2D eigenvalue weighted by molar-refractivity contribution is 5.97. The summed E-state index contributed by atoms with van der Waals surface area (Å²) >= 11 is 0. The molecule has 12 heteroatoms. The highest BCUT2D eigenvalue weighted by Gasteiger charge is 2.40. The number of hydrogen-bond donors (Lipinski definition) is 2. The number of anilines is 1. The Morgan fingerprint density at radius 3 is 2.30 bits per heavy atom. The summed E-state index contributed by atoms with van der Waals surface area (Å²) in [6.45, 7) is 2.42. The summed E-state index contributed by atoms with van der Waals surface area (Å²) in [6, 6.07) is 18.6. The molecule has 12 nitrogen and oxygen atoms in total. The van der Waals surface area contributed by atoms with Gasteiger partial charge in [-0.15, -0.1) is 0 Å². The largest absolute Gasteiger partial charge is 0.463 e. The van der Waals surface area contributed by atoms with Crippen molar-refractivity contribution < 1.29 is 28.6 Å². The Labute approximate surface area is 228 Å². The summed E-state index contributed by atoms with van der Waals surface area (Å²) in [5.74, 6) is -2.12. The summed E-state index contributed by atoms with van der Waals surface area (Å²) in [7, 11) is 0. The van der Waals surface area contributed by atoms with Gasteiger partial charge in [0, 0.05) is 20.3 Å². The van der Waals surface area contributed by atoms with Crippen LogP contribution in [0.4, 0.5) is 5.95 Å². The maximum Gasteiger partial charge on any atom is 0.303 e. The van der Waals surface area contributed by atoms with Gasteiger partial charge in [-0.25, -0.2) is 4.98 Å². The third-order valence-corrected chi connectivity index (χ3v) is 6.46. The molecular formula is C28H27N5O7. The van der Waals surface area contributed by atoms with Crippen LogP contribution in [0.1, 0.15) is 43.5 Å². The first-order chi connectivity index (χ1) is 19.3. The summed E-state index contributed by atoms with van der Waals surface area (Å²) in [4.78, 5) is 60.6. The molecule has 2 aromatic heterocycles. The molecule has 1 aliphatic rings. The van der Waals surface area contributed by atoms with Gasteiger partial charge in [-0.3, -0.25) is 34.0 Å². The molecule has 2 N–H and O–H groups in total. The van der Waals surface area contributed by atoms with E-state index in [0.29, 0.717) is 0 Å². The fourth-order valence-electron chi connectivity index (χ4n) is 4.73. The van der Waals surface area contributed by atoms with E-state index in [-0.39, 0.29) is 36.0 Å². The zero-order valence-corrected chi connectivity index (χ0v) is 21.8. The minimum Gasteiger partial charge on any atom is -0.463 e. The molecule has 1 amide bonds.